The SMILES string of the molecule is Cc1nn(C(C)C)c(C)c1C(N)C(F)F. The van der Waals surface area contributed by atoms with Crippen LogP contribution >= 0.6 is 0 Å². The zero-order valence-electron chi connectivity index (χ0n) is 9.46. The van der Waals surface area contributed by atoms with Gasteiger partial charge in [-0.25, -0.2) is 8.78 Å². The molecule has 0 spiro atoms. The molecule has 0 saturated heterocycles. The predicted octanol–water partition coefficient (Wildman–Crippen LogP) is 2.35. The monoisotopic (exact) mass is 217 g/mol. The lowest BCUT2D eigenvalue weighted by molar-refractivity contribution is 0.116. The Morgan fingerprint density at radius 2 is 1.80 bits per heavy atom. The van der Waals surface area contributed by atoms with Gasteiger partial charge in [0.15, 0.2) is 0 Å². The summed E-state index contributed by atoms with van der Waals surface area (Å²) < 4.78 is 26.8. The summed E-state index contributed by atoms with van der Waals surface area (Å²) in [6.45, 7) is 7.40. The Balaban J connectivity index is 3.19. The second-order valence-corrected chi connectivity index (χ2v) is 3.98. The molecule has 3 nitrogen and oxygen atoms in total. The van der Waals surface area contributed by atoms with Crippen LogP contribution in [0.2, 0.25) is 0 Å². The van der Waals surface area contributed by atoms with Crippen molar-refractivity contribution in [1.82, 2.24) is 9.78 Å². The fourth-order valence-corrected chi connectivity index (χ4v) is 1.79. The Labute approximate surface area is 88.3 Å². The number of nitrogens with zero attached hydrogens (tertiary/aromatic N) is 2. The molecule has 0 bridgehead atoms. The van der Waals surface area contributed by atoms with Gasteiger partial charge < -0.3 is 5.73 Å². The van der Waals surface area contributed by atoms with Crippen LogP contribution in [0.3, 0.4) is 0 Å². The molecule has 0 aliphatic heterocycles. The van der Waals surface area contributed by atoms with Crippen molar-refractivity contribution < 1.29 is 8.78 Å². The molecular weight excluding hydrogens is 200 g/mol. The number of hydrogen-bond donors (Lipinski definition) is 1. The molecule has 2 N–H and O–H groups in total. The second-order valence-electron chi connectivity index (χ2n) is 3.98. The number of nitrogens with two attached hydrogens (primary N) is 1. The van der Waals surface area contributed by atoms with Crippen molar-refractivity contribution in [2.45, 2.75) is 46.2 Å². The van der Waals surface area contributed by atoms with E-state index in [1.807, 2.05) is 13.8 Å². The van der Waals surface area contributed by atoms with Gasteiger partial charge in [0.05, 0.1) is 11.7 Å². The lowest BCUT2D eigenvalue weighted by atomic mass is 10.1. The average molecular weight is 217 g/mol. The van der Waals surface area contributed by atoms with Gasteiger partial charge in [0.25, 0.3) is 6.43 Å². The van der Waals surface area contributed by atoms with Crippen molar-refractivity contribution in [2.75, 3.05) is 0 Å². The van der Waals surface area contributed by atoms with Crippen LogP contribution in [0.5, 0.6) is 0 Å². The Bertz CT molecular complexity index is 345. The molecule has 0 saturated carbocycles. The van der Waals surface area contributed by atoms with E-state index in [2.05, 4.69) is 5.10 Å². The number of aromatic nitrogens is 2. The number of hydrogen-bond acceptors (Lipinski definition) is 2. The van der Waals surface area contributed by atoms with E-state index in [0.717, 1.165) is 5.69 Å². The summed E-state index contributed by atoms with van der Waals surface area (Å²) in [5.41, 5.74) is 7.24. The molecule has 1 aromatic rings. The van der Waals surface area contributed by atoms with Gasteiger partial charge in [-0.15, -0.1) is 0 Å². The molecule has 15 heavy (non-hydrogen) atoms. The fourth-order valence-electron chi connectivity index (χ4n) is 1.79. The Morgan fingerprint density at radius 3 is 2.13 bits per heavy atom. The maximum Gasteiger partial charge on any atom is 0.257 e. The van der Waals surface area contributed by atoms with Gasteiger partial charge in [0.2, 0.25) is 0 Å². The first-order valence-corrected chi connectivity index (χ1v) is 4.95. The van der Waals surface area contributed by atoms with Gasteiger partial charge in [-0.1, -0.05) is 0 Å². The van der Waals surface area contributed by atoms with E-state index in [9.17, 15) is 8.78 Å². The number of aryl methyl sites for hydroxylation is 1. The molecule has 0 aliphatic rings. The normalized spacial score (nSPS) is 13.9. The van der Waals surface area contributed by atoms with Crippen molar-refractivity contribution in [3.63, 3.8) is 0 Å². The Hall–Kier alpha value is -0.970. The standard InChI is InChI=1S/C10H17F2N3/c1-5(2)15-7(4)8(6(3)14-15)9(13)10(11)12/h5,9-10H,13H2,1-4H3. The van der Waals surface area contributed by atoms with Gasteiger partial charge in [-0.05, 0) is 27.7 Å². The predicted molar refractivity (Wildman–Crippen MR) is 55.0 cm³/mol. The van der Waals surface area contributed by atoms with Gasteiger partial charge in [-0.3, -0.25) is 4.68 Å². The van der Waals surface area contributed by atoms with Crippen LogP contribution in [-0.4, -0.2) is 16.2 Å². The van der Waals surface area contributed by atoms with Gasteiger partial charge in [0, 0.05) is 17.3 Å². The summed E-state index contributed by atoms with van der Waals surface area (Å²) in [6, 6.07) is -1.08. The third kappa shape index (κ3) is 2.17. The first-order chi connectivity index (χ1) is 6.86. The number of alkyl halides is 2. The summed E-state index contributed by atoms with van der Waals surface area (Å²) in [5.74, 6) is 0. The van der Waals surface area contributed by atoms with Crippen LogP contribution in [-0.2, 0) is 0 Å². The molecular formula is C10H17F2N3. The van der Waals surface area contributed by atoms with Crippen LogP contribution in [0.15, 0.2) is 0 Å². The third-order valence-corrected chi connectivity index (χ3v) is 2.47. The van der Waals surface area contributed by atoms with E-state index < -0.39 is 12.5 Å². The topological polar surface area (TPSA) is 43.8 Å². The minimum Gasteiger partial charge on any atom is -0.319 e. The second kappa shape index (κ2) is 4.26. The van der Waals surface area contributed by atoms with Crippen molar-refractivity contribution in [3.8, 4) is 0 Å². The molecule has 0 aromatic carbocycles. The van der Waals surface area contributed by atoms with Crippen molar-refractivity contribution >= 4 is 0 Å². The lowest BCUT2D eigenvalue weighted by Crippen LogP contribution is -2.20. The molecule has 5 heteroatoms. The highest BCUT2D eigenvalue weighted by Crippen LogP contribution is 2.26. The smallest absolute Gasteiger partial charge is 0.257 e. The van der Waals surface area contributed by atoms with E-state index >= 15 is 0 Å². The van der Waals surface area contributed by atoms with E-state index in [-0.39, 0.29) is 6.04 Å². The largest absolute Gasteiger partial charge is 0.319 e. The van der Waals surface area contributed by atoms with E-state index in [1.165, 1.54) is 0 Å². The third-order valence-electron chi connectivity index (χ3n) is 2.47. The molecule has 0 fully saturated rings. The molecule has 0 radical (unpaired) electrons. The number of halogens is 2. The Morgan fingerprint density at radius 1 is 1.27 bits per heavy atom. The molecule has 0 amide bonds. The highest BCUT2D eigenvalue weighted by molar-refractivity contribution is 5.28. The summed E-state index contributed by atoms with van der Waals surface area (Å²) in [6.07, 6.45) is -2.55. The van der Waals surface area contributed by atoms with Crippen molar-refractivity contribution in [1.29, 1.82) is 0 Å². The van der Waals surface area contributed by atoms with Crippen LogP contribution in [0.1, 0.15) is 42.9 Å². The van der Waals surface area contributed by atoms with Crippen LogP contribution in [0.25, 0.3) is 0 Å². The van der Waals surface area contributed by atoms with Crippen molar-refractivity contribution in [3.05, 3.63) is 17.0 Å². The molecule has 0 aliphatic carbocycles. The fraction of sp³-hybridized carbons (Fsp3) is 0.700. The van der Waals surface area contributed by atoms with Crippen molar-refractivity contribution in [2.24, 2.45) is 5.73 Å². The molecule has 86 valence electrons. The average Bonchev–Trinajstić information content (AvgIpc) is 2.41. The molecule has 1 heterocycles. The summed E-state index contributed by atoms with van der Waals surface area (Å²) >= 11 is 0. The first kappa shape index (κ1) is 12.1. The minimum absolute atomic E-state index is 0.155. The van der Waals surface area contributed by atoms with Gasteiger partial charge in [-0.2, -0.15) is 5.10 Å². The number of rotatable bonds is 3. The minimum atomic E-state index is -2.55. The van der Waals surface area contributed by atoms with Crippen LogP contribution < -0.4 is 5.73 Å². The molecule has 1 unspecified atom stereocenters. The zero-order chi connectivity index (χ0) is 11.7. The van der Waals surface area contributed by atoms with E-state index in [1.54, 1.807) is 18.5 Å². The zero-order valence-corrected chi connectivity index (χ0v) is 9.46. The lowest BCUT2D eigenvalue weighted by Gasteiger charge is -2.12. The highest BCUT2D eigenvalue weighted by atomic mass is 19.3. The summed E-state index contributed by atoms with van der Waals surface area (Å²) in [7, 11) is 0. The summed E-state index contributed by atoms with van der Waals surface area (Å²) in [4.78, 5) is 0. The van der Waals surface area contributed by atoms with Crippen LogP contribution in [0.4, 0.5) is 8.78 Å². The van der Waals surface area contributed by atoms with Gasteiger partial charge in [0.1, 0.15) is 0 Å². The molecule has 1 rings (SSSR count). The molecule has 1 atom stereocenters. The quantitative estimate of drug-likeness (QED) is 0.844. The van der Waals surface area contributed by atoms with Crippen LogP contribution in [0, 0.1) is 13.8 Å². The molecule has 1 aromatic heterocycles. The highest BCUT2D eigenvalue weighted by Gasteiger charge is 2.25. The maximum absolute atomic E-state index is 12.5. The van der Waals surface area contributed by atoms with E-state index in [0.29, 0.717) is 11.3 Å². The van der Waals surface area contributed by atoms with E-state index in [4.69, 9.17) is 5.73 Å². The Kier molecular flexibility index (Phi) is 3.44. The summed E-state index contributed by atoms with van der Waals surface area (Å²) in [5, 5.41) is 4.22. The first-order valence-electron chi connectivity index (χ1n) is 4.95. The van der Waals surface area contributed by atoms with Gasteiger partial charge >= 0.3 is 0 Å². The maximum atomic E-state index is 12.5.